The van der Waals surface area contributed by atoms with Crippen LogP contribution in [0.25, 0.3) is 11.1 Å². The van der Waals surface area contributed by atoms with Gasteiger partial charge < -0.3 is 9.64 Å². The van der Waals surface area contributed by atoms with Crippen molar-refractivity contribution in [1.82, 2.24) is 15.1 Å². The van der Waals surface area contributed by atoms with E-state index < -0.39 is 0 Å². The van der Waals surface area contributed by atoms with Gasteiger partial charge in [-0.3, -0.25) is 9.89 Å². The third kappa shape index (κ3) is 3.43. The molecule has 1 aliphatic rings. The molecule has 1 fully saturated rings. The minimum absolute atomic E-state index is 0.0142. The topological polar surface area (TPSA) is 58.2 Å². The summed E-state index contributed by atoms with van der Waals surface area (Å²) in [5.74, 6) is 0.806. The lowest BCUT2D eigenvalue weighted by atomic mass is 10.0. The zero-order valence-electron chi connectivity index (χ0n) is 15.0. The number of nitrogens with zero attached hydrogens (tertiary/aromatic N) is 2. The molecule has 0 aliphatic carbocycles. The predicted octanol–water partition coefficient (Wildman–Crippen LogP) is 4.72. The SMILES string of the molecule is COc1cccc(-c2cn[nH]c2C2CCCN2C(=O)c2ccc(Cl)cc2)c1. The van der Waals surface area contributed by atoms with Crippen molar-refractivity contribution in [3.05, 3.63) is 71.0 Å². The molecule has 5 nitrogen and oxygen atoms in total. The maximum atomic E-state index is 13.0. The van der Waals surface area contributed by atoms with E-state index in [1.807, 2.05) is 35.4 Å². The molecule has 2 heterocycles. The molecule has 1 atom stereocenters. The highest BCUT2D eigenvalue weighted by molar-refractivity contribution is 6.30. The number of rotatable bonds is 4. The molecular formula is C21H20ClN3O2. The van der Waals surface area contributed by atoms with Crippen molar-refractivity contribution in [1.29, 1.82) is 0 Å². The summed E-state index contributed by atoms with van der Waals surface area (Å²) in [6.45, 7) is 0.725. The van der Waals surface area contributed by atoms with Crippen molar-refractivity contribution in [3.8, 4) is 16.9 Å². The average molecular weight is 382 g/mol. The van der Waals surface area contributed by atoms with Crippen molar-refractivity contribution in [2.45, 2.75) is 18.9 Å². The minimum Gasteiger partial charge on any atom is -0.497 e. The van der Waals surface area contributed by atoms with E-state index in [1.165, 1.54) is 0 Å². The van der Waals surface area contributed by atoms with Crippen LogP contribution in [0.4, 0.5) is 0 Å². The number of benzene rings is 2. The molecule has 2 aromatic carbocycles. The molecule has 0 radical (unpaired) electrons. The van der Waals surface area contributed by atoms with Gasteiger partial charge in [0.05, 0.1) is 25.0 Å². The number of H-pyrrole nitrogens is 1. The van der Waals surface area contributed by atoms with E-state index in [1.54, 1.807) is 31.4 Å². The molecule has 138 valence electrons. The number of hydrogen-bond acceptors (Lipinski definition) is 3. The number of aromatic amines is 1. The van der Waals surface area contributed by atoms with Crippen LogP contribution in [0.3, 0.4) is 0 Å². The third-order valence-corrected chi connectivity index (χ3v) is 5.24. The van der Waals surface area contributed by atoms with E-state index in [9.17, 15) is 4.79 Å². The lowest BCUT2D eigenvalue weighted by molar-refractivity contribution is 0.0733. The van der Waals surface area contributed by atoms with E-state index in [2.05, 4.69) is 10.2 Å². The fourth-order valence-corrected chi connectivity index (χ4v) is 3.76. The third-order valence-electron chi connectivity index (χ3n) is 4.99. The molecule has 1 N–H and O–H groups in total. The van der Waals surface area contributed by atoms with E-state index in [-0.39, 0.29) is 11.9 Å². The summed E-state index contributed by atoms with van der Waals surface area (Å²) < 4.78 is 5.34. The zero-order valence-corrected chi connectivity index (χ0v) is 15.7. The first kappa shape index (κ1) is 17.6. The Morgan fingerprint density at radius 1 is 1.26 bits per heavy atom. The first-order chi connectivity index (χ1) is 13.2. The van der Waals surface area contributed by atoms with Gasteiger partial charge >= 0.3 is 0 Å². The molecule has 4 rings (SSSR count). The van der Waals surface area contributed by atoms with Crippen LogP contribution >= 0.6 is 11.6 Å². The van der Waals surface area contributed by atoms with Gasteiger partial charge in [-0.2, -0.15) is 5.10 Å². The highest BCUT2D eigenvalue weighted by Crippen LogP contribution is 2.38. The van der Waals surface area contributed by atoms with Crippen molar-refractivity contribution >= 4 is 17.5 Å². The molecular weight excluding hydrogens is 362 g/mol. The number of ether oxygens (including phenoxy) is 1. The number of carbonyl (C=O) groups is 1. The quantitative estimate of drug-likeness (QED) is 0.711. The van der Waals surface area contributed by atoms with Crippen LogP contribution in [-0.2, 0) is 0 Å². The average Bonchev–Trinajstić information content (AvgIpc) is 3.37. The number of carbonyl (C=O) groups excluding carboxylic acids is 1. The van der Waals surface area contributed by atoms with Crippen LogP contribution in [0.1, 0.15) is 34.9 Å². The first-order valence-corrected chi connectivity index (χ1v) is 9.29. The summed E-state index contributed by atoms with van der Waals surface area (Å²) in [4.78, 5) is 15.0. The predicted molar refractivity (Wildman–Crippen MR) is 105 cm³/mol. The van der Waals surface area contributed by atoms with Gasteiger partial charge in [-0.15, -0.1) is 0 Å². The van der Waals surface area contributed by atoms with Crippen LogP contribution in [0, 0.1) is 0 Å². The largest absolute Gasteiger partial charge is 0.497 e. The van der Waals surface area contributed by atoms with E-state index in [4.69, 9.17) is 16.3 Å². The molecule has 1 amide bonds. The maximum Gasteiger partial charge on any atom is 0.254 e. The molecule has 1 aromatic heterocycles. The van der Waals surface area contributed by atoms with Crippen LogP contribution in [0.5, 0.6) is 5.75 Å². The van der Waals surface area contributed by atoms with Crippen molar-refractivity contribution in [3.63, 3.8) is 0 Å². The Morgan fingerprint density at radius 3 is 2.85 bits per heavy atom. The van der Waals surface area contributed by atoms with Gasteiger partial charge in [-0.25, -0.2) is 0 Å². The van der Waals surface area contributed by atoms with E-state index in [0.29, 0.717) is 10.6 Å². The van der Waals surface area contributed by atoms with Gasteiger partial charge in [0.25, 0.3) is 5.91 Å². The molecule has 0 bridgehead atoms. The van der Waals surface area contributed by atoms with E-state index >= 15 is 0 Å². The molecule has 6 heteroatoms. The molecule has 1 unspecified atom stereocenters. The van der Waals surface area contributed by atoms with Gasteiger partial charge in [-0.1, -0.05) is 23.7 Å². The van der Waals surface area contributed by atoms with Crippen molar-refractivity contribution in [2.24, 2.45) is 0 Å². The molecule has 1 saturated heterocycles. The number of nitrogens with one attached hydrogen (secondary N) is 1. The summed E-state index contributed by atoms with van der Waals surface area (Å²) in [6, 6.07) is 14.9. The van der Waals surface area contributed by atoms with Crippen molar-refractivity contribution in [2.75, 3.05) is 13.7 Å². The summed E-state index contributed by atoms with van der Waals surface area (Å²) in [5.41, 5.74) is 3.62. The lowest BCUT2D eigenvalue weighted by Gasteiger charge is -2.25. The fraction of sp³-hybridized carbons (Fsp3) is 0.238. The van der Waals surface area contributed by atoms with Crippen LogP contribution in [0.15, 0.2) is 54.7 Å². The summed E-state index contributed by atoms with van der Waals surface area (Å²) in [6.07, 6.45) is 3.67. The normalized spacial score (nSPS) is 16.5. The maximum absolute atomic E-state index is 13.0. The van der Waals surface area contributed by atoms with Crippen LogP contribution in [-0.4, -0.2) is 34.7 Å². The summed E-state index contributed by atoms with van der Waals surface area (Å²) >= 11 is 5.95. The van der Waals surface area contributed by atoms with Crippen LogP contribution < -0.4 is 4.74 Å². The Hall–Kier alpha value is -2.79. The monoisotopic (exact) mass is 381 g/mol. The van der Waals surface area contributed by atoms with Gasteiger partial charge in [-0.05, 0) is 54.8 Å². The molecule has 0 saturated carbocycles. The molecule has 0 spiro atoms. The Morgan fingerprint density at radius 2 is 2.07 bits per heavy atom. The Kier molecular flexibility index (Phi) is 4.86. The highest BCUT2D eigenvalue weighted by Gasteiger charge is 2.33. The van der Waals surface area contributed by atoms with Crippen LogP contribution in [0.2, 0.25) is 5.02 Å². The molecule has 27 heavy (non-hydrogen) atoms. The molecule has 1 aliphatic heterocycles. The number of amides is 1. The van der Waals surface area contributed by atoms with Crippen molar-refractivity contribution < 1.29 is 9.53 Å². The number of methoxy groups -OCH3 is 1. The second-order valence-corrected chi connectivity index (χ2v) is 7.03. The van der Waals surface area contributed by atoms with Gasteiger partial charge in [0.1, 0.15) is 5.75 Å². The first-order valence-electron chi connectivity index (χ1n) is 8.91. The fourth-order valence-electron chi connectivity index (χ4n) is 3.64. The Labute approximate surface area is 162 Å². The smallest absolute Gasteiger partial charge is 0.254 e. The zero-order chi connectivity index (χ0) is 18.8. The minimum atomic E-state index is -0.0307. The van der Waals surface area contributed by atoms with Gasteiger partial charge in [0.2, 0.25) is 0 Å². The number of likely N-dealkylation sites (tertiary alicyclic amines) is 1. The number of halogens is 1. The Bertz CT molecular complexity index is 952. The summed E-state index contributed by atoms with van der Waals surface area (Å²) in [5, 5.41) is 8.00. The van der Waals surface area contributed by atoms with Gasteiger partial charge in [0.15, 0.2) is 0 Å². The second-order valence-electron chi connectivity index (χ2n) is 6.59. The lowest BCUT2D eigenvalue weighted by Crippen LogP contribution is -2.31. The standard InChI is InChI=1S/C21H20ClN3O2/c1-27-17-5-2-4-15(12-17)18-13-23-24-20(18)19-6-3-11-25(19)21(26)14-7-9-16(22)10-8-14/h2,4-5,7-10,12-13,19H,3,6,11H2,1H3,(H,23,24). The number of hydrogen-bond donors (Lipinski definition) is 1. The van der Waals surface area contributed by atoms with E-state index in [0.717, 1.165) is 42.0 Å². The summed E-state index contributed by atoms with van der Waals surface area (Å²) in [7, 11) is 1.65. The second kappa shape index (κ2) is 7.45. The Balaban J connectivity index is 1.66. The highest BCUT2D eigenvalue weighted by atomic mass is 35.5. The number of aromatic nitrogens is 2. The van der Waals surface area contributed by atoms with Gasteiger partial charge in [0, 0.05) is 22.7 Å². The molecule has 3 aromatic rings.